The molecular formula is C13H9BrF3NO4S. The minimum absolute atomic E-state index is 0.00845. The van der Waals surface area contributed by atoms with Crippen molar-refractivity contribution >= 4 is 31.6 Å². The summed E-state index contributed by atoms with van der Waals surface area (Å²) in [6, 6.07) is 8.26. The molecule has 0 heterocycles. The Hall–Kier alpha value is -1.94. The lowest BCUT2D eigenvalue weighted by Gasteiger charge is -2.15. The van der Waals surface area contributed by atoms with E-state index in [1.54, 1.807) is 0 Å². The molecule has 2 aromatic rings. The van der Waals surface area contributed by atoms with Crippen LogP contribution >= 0.6 is 15.9 Å². The van der Waals surface area contributed by atoms with Crippen LogP contribution in [-0.2, 0) is 10.0 Å². The normalized spacial score (nSPS) is 12.0. The van der Waals surface area contributed by atoms with Gasteiger partial charge in [0, 0.05) is 10.5 Å². The summed E-state index contributed by atoms with van der Waals surface area (Å²) in [5, 5.41) is 9.31. The number of anilines is 1. The number of aromatic hydroxyl groups is 1. The minimum atomic E-state index is -5.05. The van der Waals surface area contributed by atoms with Crippen molar-refractivity contribution in [1.82, 2.24) is 0 Å². The largest absolute Gasteiger partial charge is 0.573 e. The number of ether oxygens (including phenoxy) is 1. The zero-order valence-corrected chi connectivity index (χ0v) is 13.5. The van der Waals surface area contributed by atoms with Gasteiger partial charge in [0.1, 0.15) is 10.6 Å². The first-order valence-electron chi connectivity index (χ1n) is 5.94. The van der Waals surface area contributed by atoms with Crippen molar-refractivity contribution in [3.05, 3.63) is 46.9 Å². The Labute approximate surface area is 137 Å². The average molecular weight is 412 g/mol. The van der Waals surface area contributed by atoms with Crippen molar-refractivity contribution in [2.45, 2.75) is 11.3 Å². The minimum Gasteiger partial charge on any atom is -0.508 e. The van der Waals surface area contributed by atoms with E-state index in [0.717, 1.165) is 18.2 Å². The van der Waals surface area contributed by atoms with E-state index in [1.165, 1.54) is 24.3 Å². The fourth-order valence-electron chi connectivity index (χ4n) is 1.69. The number of hydrogen-bond acceptors (Lipinski definition) is 4. The predicted octanol–water partition coefficient (Wildman–Crippen LogP) is 3.85. The van der Waals surface area contributed by atoms with Crippen molar-refractivity contribution in [2.75, 3.05) is 4.72 Å². The van der Waals surface area contributed by atoms with Crippen LogP contribution in [0.3, 0.4) is 0 Å². The number of phenols is 1. The van der Waals surface area contributed by atoms with Gasteiger partial charge in [0.15, 0.2) is 5.75 Å². The van der Waals surface area contributed by atoms with Crippen LogP contribution in [0.2, 0.25) is 0 Å². The van der Waals surface area contributed by atoms with E-state index in [-0.39, 0.29) is 15.9 Å². The zero-order chi connectivity index (χ0) is 17.3. The maximum atomic E-state index is 12.4. The number of benzene rings is 2. The summed E-state index contributed by atoms with van der Waals surface area (Å²) >= 11 is 2.95. The van der Waals surface area contributed by atoms with E-state index >= 15 is 0 Å². The second-order valence-electron chi connectivity index (χ2n) is 4.29. The van der Waals surface area contributed by atoms with Crippen LogP contribution in [-0.4, -0.2) is 19.9 Å². The van der Waals surface area contributed by atoms with E-state index in [1.807, 2.05) is 0 Å². The molecule has 0 radical (unpaired) electrons. The van der Waals surface area contributed by atoms with E-state index in [4.69, 9.17) is 0 Å². The number of hydrogen-bond donors (Lipinski definition) is 2. The molecule has 124 valence electrons. The van der Waals surface area contributed by atoms with Gasteiger partial charge in [-0.3, -0.25) is 4.72 Å². The highest BCUT2D eigenvalue weighted by Gasteiger charge is 2.34. The highest BCUT2D eigenvalue weighted by molar-refractivity contribution is 9.10. The molecule has 0 fully saturated rings. The lowest BCUT2D eigenvalue weighted by Crippen LogP contribution is -2.21. The van der Waals surface area contributed by atoms with Gasteiger partial charge in [-0.05, 0) is 30.3 Å². The van der Waals surface area contributed by atoms with Crippen LogP contribution in [0.1, 0.15) is 0 Å². The average Bonchev–Trinajstić information content (AvgIpc) is 2.35. The number of halogens is 4. The summed E-state index contributed by atoms with van der Waals surface area (Å²) in [7, 11) is -4.36. The van der Waals surface area contributed by atoms with Gasteiger partial charge in [-0.2, -0.15) is 0 Å². The summed E-state index contributed by atoms with van der Waals surface area (Å²) in [6.07, 6.45) is -5.05. The Morgan fingerprint density at radius 3 is 2.43 bits per heavy atom. The fraction of sp³-hybridized carbons (Fsp3) is 0.0769. The monoisotopic (exact) mass is 411 g/mol. The molecule has 0 amide bonds. The van der Waals surface area contributed by atoms with Crippen LogP contribution in [0, 0.1) is 0 Å². The third-order valence-electron chi connectivity index (χ3n) is 2.52. The molecule has 0 aliphatic carbocycles. The molecule has 0 aliphatic rings. The molecule has 0 atom stereocenters. The number of rotatable bonds is 4. The van der Waals surface area contributed by atoms with Gasteiger partial charge in [-0.15, -0.1) is 13.2 Å². The van der Waals surface area contributed by atoms with Gasteiger partial charge in [-0.25, -0.2) is 8.42 Å². The van der Waals surface area contributed by atoms with E-state index in [9.17, 15) is 26.7 Å². The first-order valence-corrected chi connectivity index (χ1v) is 8.21. The number of nitrogens with one attached hydrogen (secondary N) is 1. The molecule has 23 heavy (non-hydrogen) atoms. The lowest BCUT2D eigenvalue weighted by molar-refractivity contribution is -0.275. The summed E-state index contributed by atoms with van der Waals surface area (Å²) in [4.78, 5) is -0.693. The maximum absolute atomic E-state index is 12.4. The first kappa shape index (κ1) is 17.4. The summed E-state index contributed by atoms with van der Waals surface area (Å²) < 4.78 is 67.9. The van der Waals surface area contributed by atoms with Crippen molar-refractivity contribution < 1.29 is 31.4 Å². The molecule has 0 bridgehead atoms. The molecule has 0 unspecified atom stereocenters. The van der Waals surface area contributed by atoms with Crippen molar-refractivity contribution in [3.63, 3.8) is 0 Å². The van der Waals surface area contributed by atoms with Gasteiger partial charge in [0.2, 0.25) is 0 Å². The van der Waals surface area contributed by atoms with Gasteiger partial charge in [0.25, 0.3) is 10.0 Å². The second-order valence-corrected chi connectivity index (χ2v) is 6.86. The van der Waals surface area contributed by atoms with Gasteiger partial charge in [0.05, 0.1) is 5.69 Å². The zero-order valence-electron chi connectivity index (χ0n) is 11.1. The van der Waals surface area contributed by atoms with Crippen LogP contribution in [0.25, 0.3) is 0 Å². The second kappa shape index (κ2) is 6.28. The van der Waals surface area contributed by atoms with Gasteiger partial charge >= 0.3 is 6.36 Å². The van der Waals surface area contributed by atoms with Gasteiger partial charge < -0.3 is 9.84 Å². The molecule has 10 heteroatoms. The molecule has 0 spiro atoms. The van der Waals surface area contributed by atoms with Gasteiger partial charge in [-0.1, -0.05) is 22.0 Å². The Bertz CT molecular complexity index is 824. The molecule has 0 saturated carbocycles. The third kappa shape index (κ3) is 4.76. The first-order chi connectivity index (χ1) is 10.6. The Morgan fingerprint density at radius 1 is 1.13 bits per heavy atom. The maximum Gasteiger partial charge on any atom is 0.573 e. The van der Waals surface area contributed by atoms with E-state index < -0.39 is 27.0 Å². The molecule has 0 saturated heterocycles. The highest BCUT2D eigenvalue weighted by Crippen LogP contribution is 2.33. The molecule has 0 aromatic heterocycles. The van der Waals surface area contributed by atoms with Crippen LogP contribution < -0.4 is 9.46 Å². The highest BCUT2D eigenvalue weighted by atomic mass is 79.9. The molecule has 5 nitrogen and oxygen atoms in total. The lowest BCUT2D eigenvalue weighted by atomic mass is 10.3. The number of alkyl halides is 3. The summed E-state index contributed by atoms with van der Waals surface area (Å²) in [5.41, 5.74) is -0.00845. The van der Waals surface area contributed by atoms with E-state index in [2.05, 4.69) is 25.4 Å². The van der Waals surface area contributed by atoms with Crippen molar-refractivity contribution in [3.8, 4) is 11.5 Å². The molecule has 0 aliphatic heterocycles. The van der Waals surface area contributed by atoms with Crippen LogP contribution in [0.4, 0.5) is 18.9 Å². The quantitative estimate of drug-likeness (QED) is 0.800. The summed E-state index contributed by atoms with van der Waals surface area (Å²) in [5.74, 6) is -1.08. The molecule has 2 aromatic carbocycles. The SMILES string of the molecule is O=S(=O)(Nc1cccc(O)c1)c1ccc(Br)cc1OC(F)(F)F. The van der Waals surface area contributed by atoms with Crippen molar-refractivity contribution in [1.29, 1.82) is 0 Å². The fourth-order valence-corrected chi connectivity index (χ4v) is 3.19. The van der Waals surface area contributed by atoms with E-state index in [0.29, 0.717) is 0 Å². The smallest absolute Gasteiger partial charge is 0.508 e. The number of phenolic OH excluding ortho intramolecular Hbond substituents is 1. The molecule has 2 rings (SSSR count). The third-order valence-corrected chi connectivity index (χ3v) is 4.43. The predicted molar refractivity (Wildman–Crippen MR) is 79.7 cm³/mol. The Kier molecular flexibility index (Phi) is 4.76. The number of sulfonamides is 1. The Balaban J connectivity index is 2.43. The molecular weight excluding hydrogens is 403 g/mol. The summed E-state index contributed by atoms with van der Waals surface area (Å²) in [6.45, 7) is 0. The van der Waals surface area contributed by atoms with Crippen molar-refractivity contribution in [2.24, 2.45) is 0 Å². The standard InChI is InChI=1S/C13H9BrF3NO4S/c14-8-4-5-12(11(6-8)22-13(15,16)17)23(20,21)18-9-2-1-3-10(19)7-9/h1-7,18-19H. The Morgan fingerprint density at radius 2 is 1.83 bits per heavy atom. The topological polar surface area (TPSA) is 75.6 Å². The van der Waals surface area contributed by atoms with Crippen LogP contribution in [0.15, 0.2) is 51.8 Å². The molecule has 2 N–H and O–H groups in total. The van der Waals surface area contributed by atoms with Crippen LogP contribution in [0.5, 0.6) is 11.5 Å².